The molecule has 2 heterocycles. The second kappa shape index (κ2) is 5.23. The molecule has 0 saturated heterocycles. The van der Waals surface area contributed by atoms with E-state index in [0.29, 0.717) is 5.92 Å². The SMILES string of the molecule is CC(C)c1cccc2c(-c3ccc4[nH]ncc4c3)c(C(=O)O)[nH]c12. The fourth-order valence-corrected chi connectivity index (χ4v) is 3.28. The summed E-state index contributed by atoms with van der Waals surface area (Å²) in [6.07, 6.45) is 1.74. The number of aromatic amines is 2. The second-order valence-corrected chi connectivity index (χ2v) is 6.28. The maximum Gasteiger partial charge on any atom is 0.352 e. The number of nitrogens with one attached hydrogen (secondary N) is 2. The summed E-state index contributed by atoms with van der Waals surface area (Å²) in [6, 6.07) is 11.8. The Kier molecular flexibility index (Phi) is 3.16. The van der Waals surface area contributed by atoms with Crippen molar-refractivity contribution in [3.63, 3.8) is 0 Å². The predicted octanol–water partition coefficient (Wildman–Crippen LogP) is 4.53. The minimum atomic E-state index is -0.955. The maximum atomic E-state index is 11.8. The van der Waals surface area contributed by atoms with Gasteiger partial charge in [0.05, 0.1) is 17.2 Å². The van der Waals surface area contributed by atoms with Gasteiger partial charge in [0.25, 0.3) is 0 Å². The van der Waals surface area contributed by atoms with E-state index in [1.54, 1.807) is 6.20 Å². The first-order valence-corrected chi connectivity index (χ1v) is 7.87. The molecular weight excluding hydrogens is 302 g/mol. The molecule has 0 unspecified atom stereocenters. The average Bonchev–Trinajstić information content (AvgIpc) is 3.17. The van der Waals surface area contributed by atoms with Crippen molar-refractivity contribution in [3.8, 4) is 11.1 Å². The molecule has 0 atom stereocenters. The molecule has 24 heavy (non-hydrogen) atoms. The first kappa shape index (κ1) is 14.5. The monoisotopic (exact) mass is 319 g/mol. The van der Waals surface area contributed by atoms with Gasteiger partial charge in [-0.15, -0.1) is 0 Å². The Balaban J connectivity index is 2.07. The van der Waals surface area contributed by atoms with Crippen LogP contribution in [0.4, 0.5) is 0 Å². The van der Waals surface area contributed by atoms with E-state index < -0.39 is 5.97 Å². The van der Waals surface area contributed by atoms with Gasteiger partial charge >= 0.3 is 5.97 Å². The standard InChI is InChI=1S/C19H17N3O2/c1-10(2)13-4-3-5-14-16(18(19(23)24)21-17(13)14)11-6-7-15-12(8-11)9-20-22-15/h3-10,21H,1-2H3,(H,20,22)(H,23,24). The number of aromatic nitrogens is 3. The van der Waals surface area contributed by atoms with Gasteiger partial charge in [0.2, 0.25) is 0 Å². The third kappa shape index (κ3) is 2.09. The number of hydrogen-bond acceptors (Lipinski definition) is 2. The fraction of sp³-hybridized carbons (Fsp3) is 0.158. The molecule has 2 aromatic heterocycles. The molecule has 0 amide bonds. The number of H-pyrrole nitrogens is 2. The summed E-state index contributed by atoms with van der Waals surface area (Å²) in [5, 5.41) is 18.5. The first-order valence-electron chi connectivity index (χ1n) is 7.87. The van der Waals surface area contributed by atoms with Crippen LogP contribution in [-0.2, 0) is 0 Å². The number of carbonyl (C=O) groups is 1. The van der Waals surface area contributed by atoms with E-state index in [1.165, 1.54) is 0 Å². The molecule has 0 spiro atoms. The highest BCUT2D eigenvalue weighted by atomic mass is 16.4. The lowest BCUT2D eigenvalue weighted by Gasteiger charge is -2.07. The number of hydrogen-bond donors (Lipinski definition) is 3. The molecule has 3 N–H and O–H groups in total. The zero-order valence-corrected chi connectivity index (χ0v) is 13.4. The van der Waals surface area contributed by atoms with Gasteiger partial charge in [-0.2, -0.15) is 5.10 Å². The van der Waals surface area contributed by atoms with Crippen LogP contribution in [0.25, 0.3) is 32.9 Å². The van der Waals surface area contributed by atoms with E-state index in [0.717, 1.165) is 38.5 Å². The molecule has 4 rings (SSSR count). The van der Waals surface area contributed by atoms with Crippen LogP contribution >= 0.6 is 0 Å². The van der Waals surface area contributed by atoms with Crippen molar-refractivity contribution in [1.29, 1.82) is 0 Å². The summed E-state index contributed by atoms with van der Waals surface area (Å²) in [5.74, 6) is -0.651. The molecule has 0 saturated carbocycles. The van der Waals surface area contributed by atoms with E-state index in [4.69, 9.17) is 0 Å². The highest BCUT2D eigenvalue weighted by molar-refractivity contribution is 6.09. The molecule has 5 heteroatoms. The van der Waals surface area contributed by atoms with Crippen molar-refractivity contribution in [2.24, 2.45) is 0 Å². The number of carboxylic acid groups (broad SMARTS) is 1. The summed E-state index contributed by atoms with van der Waals surface area (Å²) in [4.78, 5) is 14.9. The Bertz CT molecular complexity index is 1070. The Morgan fingerprint density at radius 1 is 1.21 bits per heavy atom. The quantitative estimate of drug-likeness (QED) is 0.519. The Hall–Kier alpha value is -3.08. The largest absolute Gasteiger partial charge is 0.477 e. The van der Waals surface area contributed by atoms with Crippen LogP contribution < -0.4 is 0 Å². The van der Waals surface area contributed by atoms with Gasteiger partial charge in [-0.05, 0) is 29.2 Å². The summed E-state index contributed by atoms with van der Waals surface area (Å²) in [5.41, 5.74) is 4.76. The molecule has 0 aliphatic carbocycles. The number of aromatic carboxylic acids is 1. The van der Waals surface area contributed by atoms with Crippen molar-refractivity contribution in [1.82, 2.24) is 15.2 Å². The Morgan fingerprint density at radius 3 is 2.79 bits per heavy atom. The van der Waals surface area contributed by atoms with Crippen molar-refractivity contribution in [2.75, 3.05) is 0 Å². The zero-order chi connectivity index (χ0) is 16.8. The molecular formula is C19H17N3O2. The minimum absolute atomic E-state index is 0.223. The van der Waals surface area contributed by atoms with Gasteiger partial charge in [0.15, 0.2) is 0 Å². The van der Waals surface area contributed by atoms with Gasteiger partial charge < -0.3 is 10.1 Å². The molecule has 0 aliphatic heterocycles. The Labute approximate surface area is 138 Å². The summed E-state index contributed by atoms with van der Waals surface area (Å²) in [7, 11) is 0. The van der Waals surface area contributed by atoms with Gasteiger partial charge in [-0.1, -0.05) is 38.1 Å². The Morgan fingerprint density at radius 2 is 2.04 bits per heavy atom. The van der Waals surface area contributed by atoms with Crippen LogP contribution in [0.15, 0.2) is 42.6 Å². The van der Waals surface area contributed by atoms with Crippen LogP contribution in [-0.4, -0.2) is 26.3 Å². The van der Waals surface area contributed by atoms with E-state index in [-0.39, 0.29) is 5.69 Å². The zero-order valence-electron chi connectivity index (χ0n) is 13.4. The third-order valence-corrected chi connectivity index (χ3v) is 4.43. The number of para-hydroxylation sites is 1. The highest BCUT2D eigenvalue weighted by Crippen LogP contribution is 2.36. The second-order valence-electron chi connectivity index (χ2n) is 6.28. The first-order chi connectivity index (χ1) is 11.6. The van der Waals surface area contributed by atoms with Crippen molar-refractivity contribution in [3.05, 3.63) is 53.9 Å². The van der Waals surface area contributed by atoms with E-state index >= 15 is 0 Å². The number of rotatable bonds is 3. The molecule has 2 aromatic carbocycles. The number of fused-ring (bicyclic) bond motifs is 2. The molecule has 0 radical (unpaired) electrons. The van der Waals surface area contributed by atoms with Gasteiger partial charge in [-0.25, -0.2) is 4.79 Å². The smallest absolute Gasteiger partial charge is 0.352 e. The lowest BCUT2D eigenvalue weighted by atomic mass is 9.96. The normalized spacial score (nSPS) is 11.6. The molecule has 0 aliphatic rings. The van der Waals surface area contributed by atoms with Crippen LogP contribution in [0, 0.1) is 0 Å². The van der Waals surface area contributed by atoms with Crippen LogP contribution in [0.3, 0.4) is 0 Å². The molecule has 0 fully saturated rings. The highest BCUT2D eigenvalue weighted by Gasteiger charge is 2.21. The number of nitrogens with zero attached hydrogens (tertiary/aromatic N) is 1. The van der Waals surface area contributed by atoms with E-state index in [1.807, 2.05) is 36.4 Å². The number of benzene rings is 2. The van der Waals surface area contributed by atoms with Gasteiger partial charge in [-0.3, -0.25) is 5.10 Å². The van der Waals surface area contributed by atoms with Crippen LogP contribution in [0.5, 0.6) is 0 Å². The van der Waals surface area contributed by atoms with Crippen molar-refractivity contribution < 1.29 is 9.90 Å². The topological polar surface area (TPSA) is 81.8 Å². The lowest BCUT2D eigenvalue weighted by Crippen LogP contribution is -1.98. The van der Waals surface area contributed by atoms with E-state index in [2.05, 4.69) is 29.0 Å². The minimum Gasteiger partial charge on any atom is -0.477 e. The maximum absolute atomic E-state index is 11.8. The van der Waals surface area contributed by atoms with Crippen LogP contribution in [0.2, 0.25) is 0 Å². The van der Waals surface area contributed by atoms with Crippen LogP contribution in [0.1, 0.15) is 35.8 Å². The van der Waals surface area contributed by atoms with Crippen molar-refractivity contribution in [2.45, 2.75) is 19.8 Å². The summed E-state index contributed by atoms with van der Waals surface area (Å²) in [6.45, 7) is 4.21. The average molecular weight is 319 g/mol. The molecule has 5 nitrogen and oxygen atoms in total. The molecule has 0 bridgehead atoms. The van der Waals surface area contributed by atoms with Gasteiger partial charge in [0, 0.05) is 16.3 Å². The fourth-order valence-electron chi connectivity index (χ4n) is 3.28. The summed E-state index contributed by atoms with van der Waals surface area (Å²) >= 11 is 0. The predicted molar refractivity (Wildman–Crippen MR) is 94.4 cm³/mol. The van der Waals surface area contributed by atoms with Gasteiger partial charge in [0.1, 0.15) is 5.69 Å². The van der Waals surface area contributed by atoms with E-state index in [9.17, 15) is 9.90 Å². The molecule has 120 valence electrons. The lowest BCUT2D eigenvalue weighted by molar-refractivity contribution is 0.0692. The number of carboxylic acids is 1. The summed E-state index contributed by atoms with van der Waals surface area (Å²) < 4.78 is 0. The third-order valence-electron chi connectivity index (χ3n) is 4.43. The molecule has 4 aromatic rings. The van der Waals surface area contributed by atoms with Crippen molar-refractivity contribution >= 4 is 27.8 Å².